The quantitative estimate of drug-likeness (QED) is 0.622. The number of nitrogens with one attached hydrogen (secondary N) is 2. The van der Waals surface area contributed by atoms with Crippen molar-refractivity contribution in [2.75, 3.05) is 24.9 Å². The number of carbonyl (C=O) groups is 2. The van der Waals surface area contributed by atoms with Crippen LogP contribution in [0.25, 0.3) is 0 Å². The van der Waals surface area contributed by atoms with Gasteiger partial charge in [0.15, 0.2) is 0 Å². The van der Waals surface area contributed by atoms with Gasteiger partial charge in [-0.3, -0.25) is 9.59 Å². The molecule has 0 spiro atoms. The molecule has 0 saturated carbocycles. The second-order valence-corrected chi connectivity index (χ2v) is 5.96. The van der Waals surface area contributed by atoms with Gasteiger partial charge in [0.25, 0.3) is 5.91 Å². The lowest BCUT2D eigenvalue weighted by Gasteiger charge is -2.17. The molecule has 0 radical (unpaired) electrons. The smallest absolute Gasteiger partial charge is 0.255 e. The highest BCUT2D eigenvalue weighted by Crippen LogP contribution is 2.36. The average Bonchev–Trinajstić information content (AvgIpc) is 2.69. The van der Waals surface area contributed by atoms with Gasteiger partial charge >= 0.3 is 0 Å². The highest BCUT2D eigenvalue weighted by Gasteiger charge is 2.18. The maximum Gasteiger partial charge on any atom is 0.255 e. The molecule has 8 heteroatoms. The van der Waals surface area contributed by atoms with E-state index in [9.17, 15) is 9.59 Å². The zero-order valence-corrected chi connectivity index (χ0v) is 17.0. The predicted molar refractivity (Wildman–Crippen MR) is 113 cm³/mol. The number of nitrogens with two attached hydrogens (primary N) is 1. The SMILES string of the molecule is CCCC(N)C(=O)Nc1cc(OC)c(NC(=O)c2ccccc2)cc1OC.Cl. The summed E-state index contributed by atoms with van der Waals surface area (Å²) in [5, 5.41) is 5.55. The van der Waals surface area contributed by atoms with Crippen molar-refractivity contribution in [2.45, 2.75) is 25.8 Å². The molecule has 2 rings (SSSR count). The van der Waals surface area contributed by atoms with Crippen molar-refractivity contribution in [3.63, 3.8) is 0 Å². The molecule has 152 valence electrons. The lowest BCUT2D eigenvalue weighted by Crippen LogP contribution is -2.35. The zero-order chi connectivity index (χ0) is 19.8. The Morgan fingerprint density at radius 1 is 1.00 bits per heavy atom. The molecule has 0 aliphatic carbocycles. The van der Waals surface area contributed by atoms with Crippen LogP contribution in [-0.4, -0.2) is 32.1 Å². The van der Waals surface area contributed by atoms with Crippen molar-refractivity contribution < 1.29 is 19.1 Å². The van der Waals surface area contributed by atoms with Crippen LogP contribution >= 0.6 is 12.4 Å². The van der Waals surface area contributed by atoms with Crippen molar-refractivity contribution in [1.29, 1.82) is 0 Å². The molecular weight excluding hydrogens is 382 g/mol. The van der Waals surface area contributed by atoms with E-state index in [1.54, 1.807) is 36.4 Å². The van der Waals surface area contributed by atoms with Gasteiger partial charge in [0.2, 0.25) is 5.91 Å². The second kappa shape index (κ2) is 11.2. The highest BCUT2D eigenvalue weighted by atomic mass is 35.5. The van der Waals surface area contributed by atoms with Crippen LogP contribution in [0.5, 0.6) is 11.5 Å². The van der Waals surface area contributed by atoms with Crippen LogP contribution in [0.2, 0.25) is 0 Å². The summed E-state index contributed by atoms with van der Waals surface area (Å²) < 4.78 is 10.7. The molecule has 0 saturated heterocycles. The summed E-state index contributed by atoms with van der Waals surface area (Å²) in [6.45, 7) is 1.96. The number of halogens is 1. The van der Waals surface area contributed by atoms with Crippen molar-refractivity contribution in [2.24, 2.45) is 5.73 Å². The monoisotopic (exact) mass is 407 g/mol. The normalized spacial score (nSPS) is 11.0. The van der Waals surface area contributed by atoms with Crippen LogP contribution in [0.3, 0.4) is 0 Å². The van der Waals surface area contributed by atoms with Gasteiger partial charge in [0, 0.05) is 17.7 Å². The van der Waals surface area contributed by atoms with Crippen LogP contribution < -0.4 is 25.8 Å². The van der Waals surface area contributed by atoms with Crippen molar-refractivity contribution in [1.82, 2.24) is 0 Å². The number of hydrogen-bond acceptors (Lipinski definition) is 5. The standard InChI is InChI=1S/C20H25N3O4.ClH/c1-4-8-14(21)20(25)23-16-12-17(26-2)15(11-18(16)27-3)22-19(24)13-9-6-5-7-10-13;/h5-7,9-12,14H,4,8,21H2,1-3H3,(H,22,24)(H,23,25);1H. The van der Waals surface area contributed by atoms with Crippen LogP contribution in [-0.2, 0) is 4.79 Å². The van der Waals surface area contributed by atoms with Gasteiger partial charge in [-0.25, -0.2) is 0 Å². The Bertz CT molecular complexity index is 800. The Kier molecular flexibility index (Phi) is 9.27. The van der Waals surface area contributed by atoms with Gasteiger partial charge in [0.05, 0.1) is 31.6 Å². The minimum absolute atomic E-state index is 0. The van der Waals surface area contributed by atoms with E-state index >= 15 is 0 Å². The molecular formula is C20H26ClN3O4. The molecule has 1 unspecified atom stereocenters. The van der Waals surface area contributed by atoms with E-state index in [1.165, 1.54) is 14.2 Å². The molecule has 28 heavy (non-hydrogen) atoms. The third kappa shape index (κ3) is 5.87. The summed E-state index contributed by atoms with van der Waals surface area (Å²) in [5.74, 6) is 0.187. The van der Waals surface area contributed by atoms with E-state index in [4.69, 9.17) is 15.2 Å². The topological polar surface area (TPSA) is 103 Å². The van der Waals surface area contributed by atoms with Gasteiger partial charge in [-0.15, -0.1) is 12.4 Å². The molecule has 7 nitrogen and oxygen atoms in total. The Balaban J connectivity index is 0.00000392. The lowest BCUT2D eigenvalue weighted by atomic mass is 10.1. The van der Waals surface area contributed by atoms with E-state index in [0.717, 1.165) is 6.42 Å². The summed E-state index contributed by atoms with van der Waals surface area (Å²) >= 11 is 0. The third-order valence-electron chi connectivity index (χ3n) is 4.00. The first-order chi connectivity index (χ1) is 13.0. The average molecular weight is 408 g/mol. The number of ether oxygens (including phenoxy) is 2. The van der Waals surface area contributed by atoms with Crippen molar-refractivity contribution >= 4 is 35.6 Å². The van der Waals surface area contributed by atoms with Gasteiger partial charge in [0.1, 0.15) is 11.5 Å². The van der Waals surface area contributed by atoms with Gasteiger partial charge in [-0.2, -0.15) is 0 Å². The fourth-order valence-electron chi connectivity index (χ4n) is 2.54. The molecule has 0 fully saturated rings. The predicted octanol–water partition coefficient (Wildman–Crippen LogP) is 3.44. The largest absolute Gasteiger partial charge is 0.494 e. The summed E-state index contributed by atoms with van der Waals surface area (Å²) in [6, 6.07) is 11.4. The van der Waals surface area contributed by atoms with E-state index in [1.807, 2.05) is 13.0 Å². The molecule has 0 heterocycles. The Morgan fingerprint density at radius 3 is 2.04 bits per heavy atom. The summed E-state index contributed by atoms with van der Waals surface area (Å²) in [6.07, 6.45) is 1.38. The maximum atomic E-state index is 12.4. The van der Waals surface area contributed by atoms with Gasteiger partial charge in [-0.1, -0.05) is 31.5 Å². The summed E-state index contributed by atoms with van der Waals surface area (Å²) in [7, 11) is 2.96. The molecule has 2 amide bonds. The maximum absolute atomic E-state index is 12.4. The van der Waals surface area contributed by atoms with E-state index in [0.29, 0.717) is 34.9 Å². The number of carbonyl (C=O) groups excluding carboxylic acids is 2. The molecule has 0 aromatic heterocycles. The van der Waals surface area contributed by atoms with Gasteiger partial charge in [-0.05, 0) is 18.6 Å². The molecule has 2 aromatic rings. The highest BCUT2D eigenvalue weighted by molar-refractivity contribution is 6.05. The molecule has 0 bridgehead atoms. The van der Waals surface area contributed by atoms with Crippen LogP contribution in [0.1, 0.15) is 30.1 Å². The van der Waals surface area contributed by atoms with Gasteiger partial charge < -0.3 is 25.8 Å². The number of methoxy groups -OCH3 is 2. The fraction of sp³-hybridized carbons (Fsp3) is 0.300. The van der Waals surface area contributed by atoms with Crippen molar-refractivity contribution in [3.8, 4) is 11.5 Å². The first kappa shape index (κ1) is 23.3. The molecule has 4 N–H and O–H groups in total. The molecule has 1 atom stereocenters. The minimum Gasteiger partial charge on any atom is -0.494 e. The van der Waals surface area contributed by atoms with E-state index < -0.39 is 6.04 Å². The Hall–Kier alpha value is -2.77. The number of hydrogen-bond donors (Lipinski definition) is 3. The number of benzene rings is 2. The second-order valence-electron chi connectivity index (χ2n) is 5.96. The minimum atomic E-state index is -0.608. The fourth-order valence-corrected chi connectivity index (χ4v) is 2.54. The first-order valence-electron chi connectivity index (χ1n) is 8.69. The molecule has 0 aliphatic heterocycles. The van der Waals surface area contributed by atoms with E-state index in [-0.39, 0.29) is 24.2 Å². The zero-order valence-electron chi connectivity index (χ0n) is 16.2. The third-order valence-corrected chi connectivity index (χ3v) is 4.00. The number of rotatable bonds is 8. The Morgan fingerprint density at radius 2 is 1.54 bits per heavy atom. The summed E-state index contributed by atoms with van der Waals surface area (Å²) in [5.41, 5.74) is 7.22. The number of anilines is 2. The lowest BCUT2D eigenvalue weighted by molar-refractivity contribution is -0.117. The van der Waals surface area contributed by atoms with E-state index in [2.05, 4.69) is 10.6 Å². The molecule has 2 aromatic carbocycles. The molecule has 0 aliphatic rings. The first-order valence-corrected chi connectivity index (χ1v) is 8.69. The van der Waals surface area contributed by atoms with Crippen LogP contribution in [0.4, 0.5) is 11.4 Å². The van der Waals surface area contributed by atoms with Crippen molar-refractivity contribution in [3.05, 3.63) is 48.0 Å². The van der Waals surface area contributed by atoms with Crippen LogP contribution in [0.15, 0.2) is 42.5 Å². The number of amides is 2. The summed E-state index contributed by atoms with van der Waals surface area (Å²) in [4.78, 5) is 24.6. The van der Waals surface area contributed by atoms with Crippen LogP contribution in [0, 0.1) is 0 Å². The Labute approximate surface area is 171 Å².